The van der Waals surface area contributed by atoms with Crippen LogP contribution in [0.4, 0.5) is 4.79 Å². The van der Waals surface area contributed by atoms with E-state index in [1.165, 1.54) is 18.1 Å². The zero-order chi connectivity index (χ0) is 29.4. The summed E-state index contributed by atoms with van der Waals surface area (Å²) in [6.07, 6.45) is 2.66. The summed E-state index contributed by atoms with van der Waals surface area (Å²) in [5.74, 6) is -0.563. The number of carbonyl (C=O) groups excluding carboxylic acids is 3. The third kappa shape index (κ3) is 5.59. The van der Waals surface area contributed by atoms with Gasteiger partial charge in [-0.1, -0.05) is 12.1 Å². The molecule has 222 valence electrons. The summed E-state index contributed by atoms with van der Waals surface area (Å²) in [7, 11) is -2.55. The van der Waals surface area contributed by atoms with Gasteiger partial charge in [-0.3, -0.25) is 14.5 Å². The molecular formula is C28H37N5O7S. The first-order valence-corrected chi connectivity index (χ1v) is 15.8. The number of hydrogen-bond acceptors (Lipinski definition) is 9. The van der Waals surface area contributed by atoms with E-state index < -0.39 is 38.6 Å². The molecular weight excluding hydrogens is 550 g/mol. The Morgan fingerprint density at radius 3 is 2.39 bits per heavy atom. The second-order valence-electron chi connectivity index (χ2n) is 11.2. The molecule has 0 radical (unpaired) electrons. The van der Waals surface area contributed by atoms with E-state index in [9.17, 15) is 28.1 Å². The van der Waals surface area contributed by atoms with Gasteiger partial charge >= 0.3 is 6.09 Å². The minimum atomic E-state index is -3.94. The zero-order valence-electron chi connectivity index (χ0n) is 23.5. The predicted octanol–water partition coefficient (Wildman–Crippen LogP) is 1.31. The zero-order valence-corrected chi connectivity index (χ0v) is 24.3. The topological polar surface area (TPSA) is 149 Å². The SMILES string of the molecule is CCOC(=O)N1CCC(N2CCC2C(=O)N2C[C@H](S(=O)(=O)c3ccccc3OC)C[C@H]2C(=O)NC2(C#N)CC2)CC1. The third-order valence-corrected chi connectivity index (χ3v) is 11.0. The van der Waals surface area contributed by atoms with E-state index in [2.05, 4.69) is 16.3 Å². The predicted molar refractivity (Wildman–Crippen MR) is 147 cm³/mol. The van der Waals surface area contributed by atoms with Crippen molar-refractivity contribution in [3.05, 3.63) is 24.3 Å². The van der Waals surface area contributed by atoms with Gasteiger partial charge < -0.3 is 24.6 Å². The van der Waals surface area contributed by atoms with Crippen molar-refractivity contribution in [3.63, 3.8) is 0 Å². The average molecular weight is 588 g/mol. The molecule has 1 aromatic rings. The lowest BCUT2D eigenvalue weighted by molar-refractivity contribution is -0.148. The largest absolute Gasteiger partial charge is 0.495 e. The standard InChI is InChI=1S/C28H37N5O7S/c1-3-40-27(36)31-13-8-19(9-14-31)32-15-10-21(32)26(35)33-17-20(16-22(33)25(34)30-28(18-29)11-12-28)41(37,38)24-7-5-4-6-23(24)39-2/h4-7,19-22H,3,8-17H2,1-2H3,(H,30,34)/t20-,21?,22+/m1/s1. The Bertz CT molecular complexity index is 1330. The molecule has 3 heterocycles. The monoisotopic (exact) mass is 587 g/mol. The number of likely N-dealkylation sites (tertiary alicyclic amines) is 3. The molecule has 3 aliphatic heterocycles. The van der Waals surface area contributed by atoms with Crippen molar-refractivity contribution in [1.29, 1.82) is 5.26 Å². The highest BCUT2D eigenvalue weighted by molar-refractivity contribution is 7.92. The van der Waals surface area contributed by atoms with Crippen LogP contribution in [-0.4, -0.2) is 110 Å². The maximum absolute atomic E-state index is 14.0. The Labute approximate surface area is 240 Å². The summed E-state index contributed by atoms with van der Waals surface area (Å²) >= 11 is 0. The smallest absolute Gasteiger partial charge is 0.409 e. The van der Waals surface area contributed by atoms with Gasteiger partial charge in [-0.05, 0) is 57.6 Å². The number of hydrogen-bond donors (Lipinski definition) is 1. The summed E-state index contributed by atoms with van der Waals surface area (Å²) < 4.78 is 37.9. The first-order chi connectivity index (χ1) is 19.6. The number of benzene rings is 1. The number of piperidine rings is 1. The van der Waals surface area contributed by atoms with Crippen molar-refractivity contribution in [3.8, 4) is 11.8 Å². The first-order valence-electron chi connectivity index (χ1n) is 14.2. The molecule has 4 fully saturated rings. The number of sulfone groups is 1. The molecule has 1 unspecified atom stereocenters. The van der Waals surface area contributed by atoms with Gasteiger partial charge in [0, 0.05) is 32.2 Å². The lowest BCUT2D eigenvalue weighted by Crippen LogP contribution is -2.63. The molecule has 3 saturated heterocycles. The molecule has 3 amide bonds. The molecule has 4 aliphatic rings. The van der Waals surface area contributed by atoms with Gasteiger partial charge in [0.05, 0.1) is 31.1 Å². The highest BCUT2D eigenvalue weighted by Gasteiger charge is 2.53. The highest BCUT2D eigenvalue weighted by atomic mass is 32.2. The fourth-order valence-electron chi connectivity index (χ4n) is 6.15. The summed E-state index contributed by atoms with van der Waals surface area (Å²) in [4.78, 5) is 44.7. The van der Waals surface area contributed by atoms with Crippen molar-refractivity contribution < 1.29 is 32.3 Å². The van der Waals surface area contributed by atoms with Crippen LogP contribution in [0, 0.1) is 11.3 Å². The van der Waals surface area contributed by atoms with E-state index >= 15 is 0 Å². The Kier molecular flexibility index (Phi) is 8.16. The lowest BCUT2D eigenvalue weighted by Gasteiger charge is -2.48. The van der Waals surface area contributed by atoms with Gasteiger partial charge in [-0.25, -0.2) is 13.2 Å². The number of amides is 3. The molecule has 0 aromatic heterocycles. The summed E-state index contributed by atoms with van der Waals surface area (Å²) in [5.41, 5.74) is -0.944. The minimum Gasteiger partial charge on any atom is -0.495 e. The second-order valence-corrected chi connectivity index (χ2v) is 13.4. The van der Waals surface area contributed by atoms with E-state index in [0.29, 0.717) is 58.3 Å². The molecule has 1 aliphatic carbocycles. The third-order valence-electron chi connectivity index (χ3n) is 8.79. The van der Waals surface area contributed by atoms with Gasteiger partial charge in [-0.15, -0.1) is 0 Å². The fourth-order valence-corrected chi connectivity index (χ4v) is 8.00. The van der Waals surface area contributed by atoms with E-state index in [-0.39, 0.29) is 41.7 Å². The number of carbonyl (C=O) groups is 3. The van der Waals surface area contributed by atoms with Crippen molar-refractivity contribution in [2.24, 2.45) is 0 Å². The van der Waals surface area contributed by atoms with Gasteiger partial charge in [0.1, 0.15) is 22.2 Å². The normalized spacial score (nSPS) is 26.0. The highest BCUT2D eigenvalue weighted by Crippen LogP contribution is 2.38. The van der Waals surface area contributed by atoms with Gasteiger partial charge in [-0.2, -0.15) is 5.26 Å². The number of methoxy groups -OCH3 is 1. The molecule has 0 bridgehead atoms. The fraction of sp³-hybridized carbons (Fsp3) is 0.643. The Balaban J connectivity index is 1.33. The van der Waals surface area contributed by atoms with Crippen LogP contribution >= 0.6 is 0 Å². The summed E-state index contributed by atoms with van der Waals surface area (Å²) in [6, 6.07) is 7.09. The molecule has 3 atom stereocenters. The number of ether oxygens (including phenoxy) is 2. The van der Waals surface area contributed by atoms with E-state index in [0.717, 1.165) is 0 Å². The van der Waals surface area contributed by atoms with Crippen molar-refractivity contribution in [2.75, 3.05) is 39.9 Å². The molecule has 1 N–H and O–H groups in total. The summed E-state index contributed by atoms with van der Waals surface area (Å²) in [6.45, 7) is 3.74. The summed E-state index contributed by atoms with van der Waals surface area (Å²) in [5, 5.41) is 11.3. The quantitative estimate of drug-likeness (QED) is 0.475. The minimum absolute atomic E-state index is 0.0234. The van der Waals surface area contributed by atoms with Crippen LogP contribution in [0.5, 0.6) is 5.75 Å². The number of nitriles is 1. The molecule has 1 saturated carbocycles. The Morgan fingerprint density at radius 2 is 1.80 bits per heavy atom. The first kappa shape index (κ1) is 29.1. The number of nitrogens with one attached hydrogen (secondary N) is 1. The van der Waals surface area contributed by atoms with Gasteiger partial charge in [0.15, 0.2) is 9.84 Å². The maximum atomic E-state index is 14.0. The van der Waals surface area contributed by atoms with Gasteiger partial charge in [0.25, 0.3) is 0 Å². The maximum Gasteiger partial charge on any atom is 0.409 e. The Hall–Kier alpha value is -3.37. The van der Waals surface area contributed by atoms with Crippen molar-refractivity contribution >= 4 is 27.7 Å². The molecule has 12 nitrogen and oxygen atoms in total. The van der Waals surface area contributed by atoms with Crippen LogP contribution in [0.3, 0.4) is 0 Å². The van der Waals surface area contributed by atoms with Crippen LogP contribution in [-0.2, 0) is 24.2 Å². The molecule has 41 heavy (non-hydrogen) atoms. The average Bonchev–Trinajstić information content (AvgIpc) is 3.57. The van der Waals surface area contributed by atoms with E-state index in [1.807, 2.05) is 0 Å². The second kappa shape index (κ2) is 11.5. The van der Waals surface area contributed by atoms with Crippen LogP contribution in [0.2, 0.25) is 0 Å². The van der Waals surface area contributed by atoms with Crippen molar-refractivity contribution in [2.45, 2.75) is 79.3 Å². The van der Waals surface area contributed by atoms with Crippen LogP contribution in [0.15, 0.2) is 29.2 Å². The Morgan fingerprint density at radius 1 is 1.10 bits per heavy atom. The van der Waals surface area contributed by atoms with Crippen LogP contribution < -0.4 is 10.1 Å². The number of nitrogens with zero attached hydrogens (tertiary/aromatic N) is 4. The van der Waals surface area contributed by atoms with Gasteiger partial charge in [0.2, 0.25) is 11.8 Å². The van der Waals surface area contributed by atoms with Crippen LogP contribution in [0.25, 0.3) is 0 Å². The van der Waals surface area contributed by atoms with Crippen molar-refractivity contribution in [1.82, 2.24) is 20.0 Å². The van der Waals surface area contributed by atoms with E-state index in [4.69, 9.17) is 9.47 Å². The van der Waals surface area contributed by atoms with Crippen LogP contribution in [0.1, 0.15) is 45.4 Å². The molecule has 13 heteroatoms. The molecule has 1 aromatic carbocycles. The molecule has 0 spiro atoms. The lowest BCUT2D eigenvalue weighted by atomic mass is 9.93. The van der Waals surface area contributed by atoms with E-state index in [1.54, 1.807) is 30.0 Å². The number of para-hydroxylation sites is 1. The number of rotatable bonds is 8. The molecule has 5 rings (SSSR count).